The fourth-order valence-corrected chi connectivity index (χ4v) is 2.92. The number of amides is 1. The Morgan fingerprint density at radius 1 is 1.20 bits per heavy atom. The van der Waals surface area contributed by atoms with Gasteiger partial charge in [0.2, 0.25) is 0 Å². The first-order valence-electron chi connectivity index (χ1n) is 6.35. The van der Waals surface area contributed by atoms with Gasteiger partial charge in [-0.3, -0.25) is 4.79 Å². The molecule has 2 heterocycles. The average Bonchev–Trinajstić information content (AvgIpc) is 2.98. The highest BCUT2D eigenvalue weighted by molar-refractivity contribution is 7.13. The van der Waals surface area contributed by atoms with Crippen molar-refractivity contribution < 1.29 is 4.79 Å². The van der Waals surface area contributed by atoms with Crippen LogP contribution in [0.15, 0.2) is 35.7 Å². The predicted octanol–water partition coefficient (Wildman–Crippen LogP) is 2.28. The first-order chi connectivity index (χ1) is 9.34. The Morgan fingerprint density at radius 3 is 2.60 bits per heavy atom. The lowest BCUT2D eigenvalue weighted by molar-refractivity contribution is 0.0731. The van der Waals surface area contributed by atoms with Crippen LogP contribution in [0.1, 0.15) is 10.5 Å². The van der Waals surface area contributed by atoms with Crippen LogP contribution in [0.25, 0.3) is 10.6 Å². The summed E-state index contributed by atoms with van der Waals surface area (Å²) in [6.07, 6.45) is 0. The van der Waals surface area contributed by atoms with Crippen molar-refractivity contribution in [1.82, 2.24) is 15.2 Å². The normalized spacial score (nSPS) is 14.7. The topological polar surface area (TPSA) is 45.2 Å². The van der Waals surface area contributed by atoms with Gasteiger partial charge >= 0.3 is 0 Å². The lowest BCUT2D eigenvalue weighted by Crippen LogP contribution is -2.46. The van der Waals surface area contributed by atoms with Crippen molar-refractivity contribution in [1.29, 1.82) is 0 Å². The lowest BCUT2D eigenvalue weighted by Gasteiger charge is -2.26. The monoisotopic (exact) mass is 309 g/mol. The maximum atomic E-state index is 12.3. The van der Waals surface area contributed by atoms with Gasteiger partial charge in [0.15, 0.2) is 0 Å². The van der Waals surface area contributed by atoms with Crippen LogP contribution < -0.4 is 5.32 Å². The molecule has 1 aromatic heterocycles. The van der Waals surface area contributed by atoms with E-state index in [2.05, 4.69) is 10.3 Å². The van der Waals surface area contributed by atoms with E-state index < -0.39 is 0 Å². The number of aromatic nitrogens is 1. The largest absolute Gasteiger partial charge is 0.335 e. The van der Waals surface area contributed by atoms with Crippen LogP contribution in [0.3, 0.4) is 0 Å². The molecule has 4 nitrogen and oxygen atoms in total. The van der Waals surface area contributed by atoms with Crippen molar-refractivity contribution in [2.75, 3.05) is 26.2 Å². The van der Waals surface area contributed by atoms with Crippen LogP contribution in [0, 0.1) is 0 Å². The highest BCUT2D eigenvalue weighted by Gasteiger charge is 2.20. The number of hydrogen-bond acceptors (Lipinski definition) is 4. The molecule has 106 valence electrons. The van der Waals surface area contributed by atoms with E-state index in [1.807, 2.05) is 40.6 Å². The summed E-state index contributed by atoms with van der Waals surface area (Å²) in [6, 6.07) is 9.96. The minimum atomic E-state index is 0. The Balaban J connectivity index is 0.00000147. The zero-order valence-electron chi connectivity index (χ0n) is 10.9. The van der Waals surface area contributed by atoms with E-state index in [4.69, 9.17) is 0 Å². The number of nitrogens with zero attached hydrogens (tertiary/aromatic N) is 2. The summed E-state index contributed by atoms with van der Waals surface area (Å²) in [5.41, 5.74) is 1.62. The number of nitrogens with one attached hydrogen (secondary N) is 1. The van der Waals surface area contributed by atoms with Gasteiger partial charge < -0.3 is 10.2 Å². The van der Waals surface area contributed by atoms with Gasteiger partial charge in [0.1, 0.15) is 10.7 Å². The van der Waals surface area contributed by atoms with Crippen LogP contribution in [0.4, 0.5) is 0 Å². The molecule has 0 bridgehead atoms. The van der Waals surface area contributed by atoms with Gasteiger partial charge in [-0.2, -0.15) is 0 Å². The molecule has 0 atom stereocenters. The maximum Gasteiger partial charge on any atom is 0.273 e. The standard InChI is InChI=1S/C14H15N3OS.ClH/c18-14(17-8-6-15-7-9-17)12-10-19-13(16-12)11-4-2-1-3-5-11;/h1-5,10,15H,6-9H2;1H. The number of carbonyl (C=O) groups excluding carboxylic acids is 1. The smallest absolute Gasteiger partial charge is 0.273 e. The number of benzene rings is 1. The molecule has 1 aliphatic heterocycles. The number of carbonyl (C=O) groups is 1. The summed E-state index contributed by atoms with van der Waals surface area (Å²) < 4.78 is 0. The average molecular weight is 310 g/mol. The zero-order valence-corrected chi connectivity index (χ0v) is 12.5. The third kappa shape index (κ3) is 3.17. The van der Waals surface area contributed by atoms with Crippen molar-refractivity contribution >= 4 is 29.7 Å². The molecule has 20 heavy (non-hydrogen) atoms. The lowest BCUT2D eigenvalue weighted by atomic mass is 10.2. The first-order valence-corrected chi connectivity index (χ1v) is 7.23. The second kappa shape index (κ2) is 6.83. The first kappa shape index (κ1) is 15.0. The van der Waals surface area contributed by atoms with E-state index in [-0.39, 0.29) is 18.3 Å². The minimum absolute atomic E-state index is 0. The number of hydrogen-bond donors (Lipinski definition) is 1. The third-order valence-electron chi connectivity index (χ3n) is 3.15. The Morgan fingerprint density at radius 2 is 1.90 bits per heavy atom. The summed E-state index contributed by atoms with van der Waals surface area (Å²) >= 11 is 1.52. The fraction of sp³-hybridized carbons (Fsp3) is 0.286. The van der Waals surface area contributed by atoms with Gasteiger partial charge in [0.05, 0.1) is 0 Å². The van der Waals surface area contributed by atoms with E-state index in [9.17, 15) is 4.79 Å². The summed E-state index contributed by atoms with van der Waals surface area (Å²) in [7, 11) is 0. The molecule has 0 unspecified atom stereocenters. The molecule has 1 N–H and O–H groups in total. The fourth-order valence-electron chi connectivity index (χ4n) is 2.12. The van der Waals surface area contributed by atoms with Crippen molar-refractivity contribution in [2.45, 2.75) is 0 Å². The summed E-state index contributed by atoms with van der Waals surface area (Å²) in [5, 5.41) is 6.00. The van der Waals surface area contributed by atoms with Crippen molar-refractivity contribution in [3.8, 4) is 10.6 Å². The molecule has 0 aliphatic carbocycles. The van der Waals surface area contributed by atoms with Gasteiger partial charge in [0, 0.05) is 37.1 Å². The molecule has 1 amide bonds. The highest BCUT2D eigenvalue weighted by Crippen LogP contribution is 2.23. The van der Waals surface area contributed by atoms with Crippen LogP contribution in [-0.4, -0.2) is 42.0 Å². The Kier molecular flexibility index (Phi) is 5.11. The van der Waals surface area contributed by atoms with E-state index in [1.165, 1.54) is 11.3 Å². The summed E-state index contributed by atoms with van der Waals surface area (Å²) in [6.45, 7) is 3.25. The zero-order chi connectivity index (χ0) is 13.1. The molecule has 3 rings (SSSR count). The summed E-state index contributed by atoms with van der Waals surface area (Å²) in [4.78, 5) is 18.6. The Bertz CT molecular complexity index is 567. The molecule has 1 fully saturated rings. The van der Waals surface area contributed by atoms with Gasteiger partial charge in [-0.05, 0) is 0 Å². The quantitative estimate of drug-likeness (QED) is 0.925. The highest BCUT2D eigenvalue weighted by atomic mass is 35.5. The molecular formula is C14H16ClN3OS. The van der Waals surface area contributed by atoms with Gasteiger partial charge in [0.25, 0.3) is 5.91 Å². The second-order valence-electron chi connectivity index (χ2n) is 4.45. The molecule has 6 heteroatoms. The van der Waals surface area contributed by atoms with E-state index in [0.29, 0.717) is 5.69 Å². The van der Waals surface area contributed by atoms with Crippen molar-refractivity contribution in [2.24, 2.45) is 0 Å². The van der Waals surface area contributed by atoms with E-state index in [0.717, 1.165) is 36.8 Å². The molecule has 0 radical (unpaired) electrons. The predicted molar refractivity (Wildman–Crippen MR) is 83.6 cm³/mol. The van der Waals surface area contributed by atoms with Crippen LogP contribution in [-0.2, 0) is 0 Å². The maximum absolute atomic E-state index is 12.3. The number of thiazole rings is 1. The summed E-state index contributed by atoms with van der Waals surface area (Å²) in [5.74, 6) is 0.0416. The Labute approximate surface area is 128 Å². The van der Waals surface area contributed by atoms with Crippen LogP contribution in [0.5, 0.6) is 0 Å². The van der Waals surface area contributed by atoms with Gasteiger partial charge in [-0.1, -0.05) is 30.3 Å². The molecule has 1 aromatic carbocycles. The minimum Gasteiger partial charge on any atom is -0.335 e. The molecule has 0 spiro atoms. The third-order valence-corrected chi connectivity index (χ3v) is 4.04. The van der Waals surface area contributed by atoms with Gasteiger partial charge in [-0.15, -0.1) is 23.7 Å². The van der Waals surface area contributed by atoms with E-state index >= 15 is 0 Å². The van der Waals surface area contributed by atoms with Crippen molar-refractivity contribution in [3.05, 3.63) is 41.4 Å². The number of halogens is 1. The molecule has 1 aliphatic rings. The number of piperazine rings is 1. The second-order valence-corrected chi connectivity index (χ2v) is 5.30. The SMILES string of the molecule is Cl.O=C(c1csc(-c2ccccc2)n1)N1CCNCC1. The van der Waals surface area contributed by atoms with Crippen LogP contribution in [0.2, 0.25) is 0 Å². The molecule has 0 saturated carbocycles. The molecular weight excluding hydrogens is 294 g/mol. The van der Waals surface area contributed by atoms with E-state index in [1.54, 1.807) is 0 Å². The Hall–Kier alpha value is -1.43. The van der Waals surface area contributed by atoms with Crippen molar-refractivity contribution in [3.63, 3.8) is 0 Å². The molecule has 2 aromatic rings. The number of rotatable bonds is 2. The van der Waals surface area contributed by atoms with Gasteiger partial charge in [-0.25, -0.2) is 4.98 Å². The molecule has 1 saturated heterocycles. The van der Waals surface area contributed by atoms with Crippen LogP contribution >= 0.6 is 23.7 Å².